The highest BCUT2D eigenvalue weighted by Crippen LogP contribution is 2.37. The van der Waals surface area contributed by atoms with Crippen molar-refractivity contribution in [1.29, 1.82) is 0 Å². The van der Waals surface area contributed by atoms with E-state index >= 15 is 0 Å². The SMILES string of the molecule is CC(C)CNCC1(c2ccc(C(C)(C)C)cc2)CC=CC1. The summed E-state index contributed by atoms with van der Waals surface area (Å²) in [4.78, 5) is 0. The highest BCUT2D eigenvalue weighted by Gasteiger charge is 2.32. The molecule has 0 saturated heterocycles. The number of benzene rings is 1. The van der Waals surface area contributed by atoms with Crippen molar-refractivity contribution >= 4 is 0 Å². The van der Waals surface area contributed by atoms with Gasteiger partial charge in [-0.15, -0.1) is 0 Å². The first-order chi connectivity index (χ1) is 9.83. The van der Waals surface area contributed by atoms with Crippen LogP contribution in [0, 0.1) is 5.92 Å². The Labute approximate surface area is 130 Å². The summed E-state index contributed by atoms with van der Waals surface area (Å²) in [6, 6.07) is 9.34. The zero-order chi connectivity index (χ0) is 15.5. The fraction of sp³-hybridized carbons (Fsp3) is 0.600. The molecule has 1 aliphatic carbocycles. The molecule has 0 aromatic heterocycles. The lowest BCUT2D eigenvalue weighted by Gasteiger charge is -2.31. The fourth-order valence-corrected chi connectivity index (χ4v) is 3.11. The van der Waals surface area contributed by atoms with Gasteiger partial charge in [-0.2, -0.15) is 0 Å². The van der Waals surface area contributed by atoms with Crippen LogP contribution in [0.4, 0.5) is 0 Å². The van der Waals surface area contributed by atoms with Crippen LogP contribution in [0.5, 0.6) is 0 Å². The number of hydrogen-bond acceptors (Lipinski definition) is 1. The maximum atomic E-state index is 3.67. The Kier molecular flexibility index (Phi) is 4.93. The van der Waals surface area contributed by atoms with Crippen LogP contribution in [0.25, 0.3) is 0 Å². The van der Waals surface area contributed by atoms with Crippen molar-refractivity contribution in [2.45, 2.75) is 58.3 Å². The molecule has 0 saturated carbocycles. The summed E-state index contributed by atoms with van der Waals surface area (Å²) >= 11 is 0. The predicted octanol–water partition coefficient (Wildman–Crippen LogP) is 4.82. The van der Waals surface area contributed by atoms with Crippen LogP contribution < -0.4 is 5.32 Å². The van der Waals surface area contributed by atoms with Gasteiger partial charge in [0.15, 0.2) is 0 Å². The molecule has 116 valence electrons. The second-order valence-corrected chi connectivity index (χ2v) is 8.01. The van der Waals surface area contributed by atoms with Gasteiger partial charge in [0.1, 0.15) is 0 Å². The van der Waals surface area contributed by atoms with Crippen LogP contribution in [-0.4, -0.2) is 13.1 Å². The third kappa shape index (κ3) is 3.97. The van der Waals surface area contributed by atoms with Crippen LogP contribution in [0.2, 0.25) is 0 Å². The van der Waals surface area contributed by atoms with Crippen LogP contribution in [-0.2, 0) is 10.8 Å². The molecule has 1 aromatic carbocycles. The fourth-order valence-electron chi connectivity index (χ4n) is 3.11. The molecule has 0 radical (unpaired) electrons. The predicted molar refractivity (Wildman–Crippen MR) is 92.9 cm³/mol. The molecule has 0 atom stereocenters. The number of hydrogen-bond donors (Lipinski definition) is 1. The van der Waals surface area contributed by atoms with Gasteiger partial charge >= 0.3 is 0 Å². The summed E-state index contributed by atoms with van der Waals surface area (Å²) in [6.45, 7) is 13.5. The minimum Gasteiger partial charge on any atom is -0.316 e. The Balaban J connectivity index is 2.14. The van der Waals surface area contributed by atoms with Gasteiger partial charge in [0.2, 0.25) is 0 Å². The molecule has 0 unspecified atom stereocenters. The lowest BCUT2D eigenvalue weighted by atomic mass is 9.76. The van der Waals surface area contributed by atoms with Gasteiger partial charge in [-0.3, -0.25) is 0 Å². The monoisotopic (exact) mass is 285 g/mol. The van der Waals surface area contributed by atoms with E-state index in [0.717, 1.165) is 25.9 Å². The highest BCUT2D eigenvalue weighted by atomic mass is 14.9. The average molecular weight is 285 g/mol. The molecule has 1 heteroatoms. The van der Waals surface area contributed by atoms with Gasteiger partial charge in [0.05, 0.1) is 0 Å². The van der Waals surface area contributed by atoms with Crippen molar-refractivity contribution in [3.8, 4) is 0 Å². The smallest absolute Gasteiger partial charge is 0.0146 e. The summed E-state index contributed by atoms with van der Waals surface area (Å²) < 4.78 is 0. The third-order valence-corrected chi connectivity index (χ3v) is 4.56. The lowest BCUT2D eigenvalue weighted by molar-refractivity contribution is 0.402. The van der Waals surface area contributed by atoms with E-state index in [1.165, 1.54) is 11.1 Å². The van der Waals surface area contributed by atoms with Gasteiger partial charge in [0.25, 0.3) is 0 Å². The van der Waals surface area contributed by atoms with Gasteiger partial charge < -0.3 is 5.32 Å². The molecule has 1 aromatic rings. The van der Waals surface area contributed by atoms with Crippen molar-refractivity contribution in [3.05, 3.63) is 47.5 Å². The highest BCUT2D eigenvalue weighted by molar-refractivity contribution is 5.35. The summed E-state index contributed by atoms with van der Waals surface area (Å²) in [5, 5.41) is 3.67. The summed E-state index contributed by atoms with van der Waals surface area (Å²) in [7, 11) is 0. The number of nitrogens with one attached hydrogen (secondary N) is 1. The lowest BCUT2D eigenvalue weighted by Crippen LogP contribution is -2.37. The summed E-state index contributed by atoms with van der Waals surface area (Å²) in [6.07, 6.45) is 7.00. The molecule has 1 N–H and O–H groups in total. The average Bonchev–Trinajstić information content (AvgIpc) is 2.87. The van der Waals surface area contributed by atoms with Crippen molar-refractivity contribution in [2.75, 3.05) is 13.1 Å². The van der Waals surface area contributed by atoms with Crippen molar-refractivity contribution in [1.82, 2.24) is 5.32 Å². The third-order valence-electron chi connectivity index (χ3n) is 4.56. The normalized spacial score (nSPS) is 17.6. The molecular formula is C20H31N. The molecule has 0 aliphatic heterocycles. The second-order valence-electron chi connectivity index (χ2n) is 8.01. The van der Waals surface area contributed by atoms with Gasteiger partial charge in [-0.05, 0) is 41.8 Å². The maximum Gasteiger partial charge on any atom is 0.0146 e. The second kappa shape index (κ2) is 6.36. The first-order valence-electron chi connectivity index (χ1n) is 8.30. The van der Waals surface area contributed by atoms with E-state index in [2.05, 4.69) is 76.4 Å². The van der Waals surface area contributed by atoms with Crippen molar-refractivity contribution < 1.29 is 0 Å². The van der Waals surface area contributed by atoms with Crippen molar-refractivity contribution in [2.24, 2.45) is 5.92 Å². The molecule has 1 nitrogen and oxygen atoms in total. The zero-order valence-electron chi connectivity index (χ0n) is 14.4. The van der Waals surface area contributed by atoms with Crippen LogP contribution >= 0.6 is 0 Å². The number of rotatable bonds is 5. The minimum atomic E-state index is 0.232. The van der Waals surface area contributed by atoms with Crippen LogP contribution in [0.3, 0.4) is 0 Å². The van der Waals surface area contributed by atoms with Gasteiger partial charge in [-0.1, -0.05) is 71.0 Å². The van der Waals surface area contributed by atoms with E-state index < -0.39 is 0 Å². The van der Waals surface area contributed by atoms with Crippen LogP contribution in [0.1, 0.15) is 58.6 Å². The van der Waals surface area contributed by atoms with E-state index in [1.807, 2.05) is 0 Å². The van der Waals surface area contributed by atoms with Gasteiger partial charge in [-0.25, -0.2) is 0 Å². The Morgan fingerprint density at radius 3 is 2.10 bits per heavy atom. The maximum absolute atomic E-state index is 3.67. The molecule has 0 bridgehead atoms. The molecular weight excluding hydrogens is 254 g/mol. The molecule has 0 spiro atoms. The van der Waals surface area contributed by atoms with Crippen LogP contribution in [0.15, 0.2) is 36.4 Å². The topological polar surface area (TPSA) is 12.0 Å². The quantitative estimate of drug-likeness (QED) is 0.765. The minimum absolute atomic E-state index is 0.232. The molecule has 21 heavy (non-hydrogen) atoms. The van der Waals surface area contributed by atoms with E-state index in [-0.39, 0.29) is 10.8 Å². The Bertz CT molecular complexity index is 466. The van der Waals surface area contributed by atoms with E-state index in [9.17, 15) is 0 Å². The van der Waals surface area contributed by atoms with E-state index in [1.54, 1.807) is 0 Å². The molecule has 1 aliphatic rings. The first-order valence-corrected chi connectivity index (χ1v) is 8.30. The van der Waals surface area contributed by atoms with Gasteiger partial charge in [0, 0.05) is 12.0 Å². The van der Waals surface area contributed by atoms with E-state index in [4.69, 9.17) is 0 Å². The standard InChI is InChI=1S/C20H31N/c1-16(2)14-21-15-20(12-6-7-13-20)18-10-8-17(9-11-18)19(3,4)5/h6-11,16,21H,12-15H2,1-5H3. The Hall–Kier alpha value is -1.08. The molecule has 0 amide bonds. The molecule has 2 rings (SSSR count). The van der Waals surface area contributed by atoms with Crippen molar-refractivity contribution in [3.63, 3.8) is 0 Å². The zero-order valence-corrected chi connectivity index (χ0v) is 14.4. The largest absolute Gasteiger partial charge is 0.316 e. The Morgan fingerprint density at radius 2 is 1.62 bits per heavy atom. The molecule has 0 fully saturated rings. The Morgan fingerprint density at radius 1 is 1.05 bits per heavy atom. The first kappa shape index (κ1) is 16.3. The summed E-state index contributed by atoms with van der Waals surface area (Å²) in [5.41, 5.74) is 3.40. The summed E-state index contributed by atoms with van der Waals surface area (Å²) in [5.74, 6) is 0.708. The molecule has 0 heterocycles. The number of allylic oxidation sites excluding steroid dienone is 2. The van der Waals surface area contributed by atoms with E-state index in [0.29, 0.717) is 5.92 Å².